The summed E-state index contributed by atoms with van der Waals surface area (Å²) in [6.45, 7) is 4.42. The molecule has 0 bridgehead atoms. The molecule has 3 N–H and O–H groups in total. The van der Waals surface area contributed by atoms with Gasteiger partial charge in [-0.05, 0) is 50.8 Å². The van der Waals surface area contributed by atoms with Gasteiger partial charge in [0.05, 0.1) is 5.75 Å². The molecule has 1 saturated heterocycles. The number of carbonyl (C=O) groups excluding carboxylic acids is 1. The van der Waals surface area contributed by atoms with E-state index in [2.05, 4.69) is 4.72 Å². The van der Waals surface area contributed by atoms with E-state index in [1.165, 1.54) is 0 Å². The zero-order valence-electron chi connectivity index (χ0n) is 14.4. The van der Waals surface area contributed by atoms with Crippen LogP contribution in [-0.4, -0.2) is 43.6 Å². The number of piperidine rings is 1. The smallest absolute Gasteiger partial charge is 0.254 e. The molecule has 2 unspecified atom stereocenters. The normalized spacial score (nSPS) is 19.8. The number of benzene rings is 1. The number of anilines is 1. The van der Waals surface area contributed by atoms with Crippen LogP contribution in [0.3, 0.4) is 0 Å². The number of nitrogens with zero attached hydrogens (tertiary/aromatic N) is 1. The van der Waals surface area contributed by atoms with Crippen molar-refractivity contribution in [1.82, 2.24) is 4.90 Å². The fourth-order valence-corrected chi connectivity index (χ4v) is 4.26. The van der Waals surface area contributed by atoms with Gasteiger partial charge in [-0.3, -0.25) is 9.52 Å². The average Bonchev–Trinajstić information content (AvgIpc) is 2.53. The van der Waals surface area contributed by atoms with Gasteiger partial charge in [-0.15, -0.1) is 0 Å². The summed E-state index contributed by atoms with van der Waals surface area (Å²) in [6.07, 6.45) is 3.49. The zero-order valence-corrected chi connectivity index (χ0v) is 15.2. The van der Waals surface area contributed by atoms with Crippen LogP contribution >= 0.6 is 0 Å². The van der Waals surface area contributed by atoms with E-state index in [-0.39, 0.29) is 23.7 Å². The Morgan fingerprint density at radius 2 is 2.17 bits per heavy atom. The number of hydrogen-bond acceptors (Lipinski definition) is 4. The fourth-order valence-electron chi connectivity index (χ4n) is 3.14. The lowest BCUT2D eigenvalue weighted by atomic mass is 9.96. The summed E-state index contributed by atoms with van der Waals surface area (Å²) in [5, 5.41) is 0. The van der Waals surface area contributed by atoms with Crippen molar-refractivity contribution < 1.29 is 13.2 Å². The highest BCUT2D eigenvalue weighted by molar-refractivity contribution is 7.92. The summed E-state index contributed by atoms with van der Waals surface area (Å²) in [5.41, 5.74) is 6.94. The quantitative estimate of drug-likeness (QED) is 0.820. The van der Waals surface area contributed by atoms with Crippen molar-refractivity contribution in [3.05, 3.63) is 29.8 Å². The molecule has 1 aromatic rings. The van der Waals surface area contributed by atoms with Crippen LogP contribution in [0.4, 0.5) is 5.69 Å². The summed E-state index contributed by atoms with van der Waals surface area (Å²) < 4.78 is 26.3. The summed E-state index contributed by atoms with van der Waals surface area (Å²) in [6, 6.07) is 6.62. The van der Waals surface area contributed by atoms with E-state index in [0.29, 0.717) is 24.2 Å². The van der Waals surface area contributed by atoms with Gasteiger partial charge in [0.25, 0.3) is 5.91 Å². The monoisotopic (exact) mass is 353 g/mol. The van der Waals surface area contributed by atoms with Gasteiger partial charge in [-0.2, -0.15) is 0 Å². The lowest BCUT2D eigenvalue weighted by Gasteiger charge is -2.38. The Kier molecular flexibility index (Phi) is 6.23. The number of likely N-dealkylation sites (tertiary alicyclic amines) is 1. The Balaban J connectivity index is 2.19. The minimum absolute atomic E-state index is 0.0340. The first kappa shape index (κ1) is 18.7. The van der Waals surface area contributed by atoms with Gasteiger partial charge >= 0.3 is 0 Å². The van der Waals surface area contributed by atoms with E-state index in [0.717, 1.165) is 19.3 Å². The molecule has 1 aliphatic rings. The van der Waals surface area contributed by atoms with Gasteiger partial charge < -0.3 is 10.6 Å². The molecule has 6 nitrogen and oxygen atoms in total. The predicted octanol–water partition coefficient (Wildman–Crippen LogP) is 2.18. The van der Waals surface area contributed by atoms with Gasteiger partial charge in [0.2, 0.25) is 10.0 Å². The number of amides is 1. The zero-order chi connectivity index (χ0) is 17.7. The van der Waals surface area contributed by atoms with Crippen LogP contribution in [-0.2, 0) is 10.0 Å². The van der Waals surface area contributed by atoms with Crippen molar-refractivity contribution in [2.75, 3.05) is 17.0 Å². The van der Waals surface area contributed by atoms with Crippen LogP contribution in [0, 0.1) is 0 Å². The SMILES string of the molecule is CCCS(=O)(=O)Nc1cccc(C(=O)N2CCCCC2C(C)N)c1. The summed E-state index contributed by atoms with van der Waals surface area (Å²) in [5.74, 6) is -0.0297. The molecule has 0 radical (unpaired) electrons. The van der Waals surface area contributed by atoms with E-state index in [9.17, 15) is 13.2 Å². The summed E-state index contributed by atoms with van der Waals surface area (Å²) in [4.78, 5) is 14.7. The largest absolute Gasteiger partial charge is 0.334 e. The molecule has 0 spiro atoms. The molecule has 1 aromatic carbocycles. The number of hydrogen-bond donors (Lipinski definition) is 2. The molecule has 2 rings (SSSR count). The van der Waals surface area contributed by atoms with Crippen molar-refractivity contribution in [1.29, 1.82) is 0 Å². The number of nitrogens with two attached hydrogens (primary N) is 1. The van der Waals surface area contributed by atoms with E-state index in [1.807, 2.05) is 18.7 Å². The van der Waals surface area contributed by atoms with E-state index >= 15 is 0 Å². The van der Waals surface area contributed by atoms with Crippen LogP contribution in [0.1, 0.15) is 49.9 Å². The predicted molar refractivity (Wildman–Crippen MR) is 96.5 cm³/mol. The first-order chi connectivity index (χ1) is 11.3. The maximum absolute atomic E-state index is 12.9. The second-order valence-corrected chi connectivity index (χ2v) is 8.26. The molecule has 2 atom stereocenters. The van der Waals surface area contributed by atoms with Gasteiger partial charge in [0.15, 0.2) is 0 Å². The van der Waals surface area contributed by atoms with E-state index in [1.54, 1.807) is 24.3 Å². The lowest BCUT2D eigenvalue weighted by Crippen LogP contribution is -2.51. The minimum Gasteiger partial charge on any atom is -0.334 e. The molecule has 1 aliphatic heterocycles. The van der Waals surface area contributed by atoms with Gasteiger partial charge in [0, 0.05) is 29.9 Å². The molecule has 24 heavy (non-hydrogen) atoms. The maximum Gasteiger partial charge on any atom is 0.254 e. The Morgan fingerprint density at radius 3 is 2.83 bits per heavy atom. The Hall–Kier alpha value is -1.60. The number of rotatable bonds is 6. The molecule has 0 aliphatic carbocycles. The summed E-state index contributed by atoms with van der Waals surface area (Å²) in [7, 11) is -3.37. The Morgan fingerprint density at radius 1 is 1.42 bits per heavy atom. The third kappa shape index (κ3) is 4.70. The molecule has 1 amide bonds. The summed E-state index contributed by atoms with van der Waals surface area (Å²) >= 11 is 0. The second kappa shape index (κ2) is 7.98. The molecule has 1 fully saturated rings. The van der Waals surface area contributed by atoms with Gasteiger partial charge in [-0.25, -0.2) is 8.42 Å². The van der Waals surface area contributed by atoms with Crippen molar-refractivity contribution in [2.45, 2.75) is 51.6 Å². The maximum atomic E-state index is 12.9. The number of nitrogens with one attached hydrogen (secondary N) is 1. The highest BCUT2D eigenvalue weighted by Crippen LogP contribution is 2.23. The van der Waals surface area contributed by atoms with Crippen molar-refractivity contribution >= 4 is 21.6 Å². The molecular formula is C17H27N3O3S. The number of sulfonamides is 1. The third-order valence-corrected chi connectivity index (χ3v) is 5.77. The molecule has 0 aromatic heterocycles. The van der Waals surface area contributed by atoms with E-state index < -0.39 is 10.0 Å². The average molecular weight is 353 g/mol. The van der Waals surface area contributed by atoms with Crippen LogP contribution < -0.4 is 10.5 Å². The molecule has 1 heterocycles. The Bertz CT molecular complexity index is 673. The minimum atomic E-state index is -3.37. The van der Waals surface area contributed by atoms with E-state index in [4.69, 9.17) is 5.73 Å². The topological polar surface area (TPSA) is 92.5 Å². The van der Waals surface area contributed by atoms with Crippen LogP contribution in [0.5, 0.6) is 0 Å². The molecule has 0 saturated carbocycles. The van der Waals surface area contributed by atoms with Crippen molar-refractivity contribution in [2.24, 2.45) is 5.73 Å². The fraction of sp³-hybridized carbons (Fsp3) is 0.588. The van der Waals surface area contributed by atoms with Crippen molar-refractivity contribution in [3.63, 3.8) is 0 Å². The van der Waals surface area contributed by atoms with Crippen molar-refractivity contribution in [3.8, 4) is 0 Å². The first-order valence-electron chi connectivity index (χ1n) is 8.51. The highest BCUT2D eigenvalue weighted by atomic mass is 32.2. The molecule has 134 valence electrons. The Labute approximate surface area is 144 Å². The second-order valence-electron chi connectivity index (χ2n) is 6.42. The van der Waals surface area contributed by atoms with Gasteiger partial charge in [-0.1, -0.05) is 13.0 Å². The third-order valence-electron chi connectivity index (χ3n) is 4.27. The van der Waals surface area contributed by atoms with Crippen LogP contribution in [0.15, 0.2) is 24.3 Å². The standard InChI is InChI=1S/C17H27N3O3S/c1-3-11-24(22,23)19-15-8-6-7-14(12-15)17(21)20-10-5-4-9-16(20)13(2)18/h6-8,12-13,16,19H,3-5,9-11,18H2,1-2H3. The van der Waals surface area contributed by atoms with Crippen LogP contribution in [0.2, 0.25) is 0 Å². The van der Waals surface area contributed by atoms with Gasteiger partial charge in [0.1, 0.15) is 0 Å². The lowest BCUT2D eigenvalue weighted by molar-refractivity contribution is 0.0584. The molecular weight excluding hydrogens is 326 g/mol. The highest BCUT2D eigenvalue weighted by Gasteiger charge is 2.29. The number of carbonyl (C=O) groups is 1. The molecule has 7 heteroatoms. The first-order valence-corrected chi connectivity index (χ1v) is 10.2. The van der Waals surface area contributed by atoms with Crippen LogP contribution in [0.25, 0.3) is 0 Å².